The number of halogens is 1. The molecule has 2 N–H and O–H groups in total. The van der Waals surface area contributed by atoms with Gasteiger partial charge in [0.1, 0.15) is 0 Å². The number of rotatable bonds is 7. The van der Waals surface area contributed by atoms with E-state index in [1.807, 2.05) is 31.2 Å². The van der Waals surface area contributed by atoms with Gasteiger partial charge < -0.3 is 10.1 Å². The molecule has 0 spiro atoms. The fourth-order valence-electron chi connectivity index (χ4n) is 4.08. The molecule has 2 aliphatic heterocycles. The Hall–Kier alpha value is -2.23. The van der Waals surface area contributed by atoms with E-state index >= 15 is 0 Å². The fourth-order valence-corrected chi connectivity index (χ4v) is 4.57. The van der Waals surface area contributed by atoms with Gasteiger partial charge in [-0.25, -0.2) is 0 Å². The van der Waals surface area contributed by atoms with Gasteiger partial charge in [0.15, 0.2) is 0 Å². The van der Waals surface area contributed by atoms with E-state index in [0.717, 1.165) is 35.6 Å². The van der Waals surface area contributed by atoms with Crippen LogP contribution in [-0.4, -0.2) is 42.5 Å². The minimum Gasteiger partial charge on any atom is -0.380 e. The summed E-state index contributed by atoms with van der Waals surface area (Å²) >= 11 is 2.18. The van der Waals surface area contributed by atoms with Crippen molar-refractivity contribution >= 4 is 45.7 Å². The number of carbonyl (C=O) groups excluding carboxylic acids is 2. The lowest BCUT2D eigenvalue weighted by Gasteiger charge is -2.24. The number of hydrogen-bond acceptors (Lipinski definition) is 5. The van der Waals surface area contributed by atoms with Crippen molar-refractivity contribution in [3.05, 3.63) is 68.9 Å². The molecule has 0 aliphatic carbocycles. The number of fused-ring (bicyclic) bond motifs is 1. The Morgan fingerprint density at radius 3 is 2.74 bits per heavy atom. The zero-order valence-corrected chi connectivity index (χ0v) is 19.6. The maximum Gasteiger partial charge on any atom is 0.260 e. The van der Waals surface area contributed by atoms with Crippen LogP contribution in [0, 0.1) is 3.57 Å². The molecular formula is C24H26IN3O3. The molecule has 1 fully saturated rings. The van der Waals surface area contributed by atoms with Crippen molar-refractivity contribution in [3.8, 4) is 0 Å². The van der Waals surface area contributed by atoms with E-state index in [9.17, 15) is 9.59 Å². The number of nitrogens with one attached hydrogen (secondary N) is 2. The molecule has 1 atom stereocenters. The number of hydrogen-bond donors (Lipinski definition) is 2. The van der Waals surface area contributed by atoms with E-state index in [4.69, 9.17) is 4.74 Å². The molecule has 2 amide bonds. The lowest BCUT2D eigenvalue weighted by Crippen LogP contribution is -2.36. The standard InChI is InChI=1S/C24H26IN3O3/c1-2-31-15-19-4-3-11-28(19)14-16-5-8-18(9-6-16)26-13-22-21-12-17(25)7-10-20(21)23(29)27-24(22)30/h5-10,12-13,19,26H,2-4,11,14-15H2,1H3,(H,27,29,30). The Bertz CT molecular complexity index is 1000. The molecule has 1 saturated heterocycles. The van der Waals surface area contributed by atoms with Crippen molar-refractivity contribution in [2.45, 2.75) is 32.4 Å². The van der Waals surface area contributed by atoms with E-state index in [1.165, 1.54) is 18.4 Å². The average molecular weight is 531 g/mol. The highest BCUT2D eigenvalue weighted by atomic mass is 127. The smallest absolute Gasteiger partial charge is 0.260 e. The summed E-state index contributed by atoms with van der Waals surface area (Å²) in [6.45, 7) is 5.62. The topological polar surface area (TPSA) is 70.7 Å². The van der Waals surface area contributed by atoms with Crippen LogP contribution in [0.3, 0.4) is 0 Å². The van der Waals surface area contributed by atoms with Gasteiger partial charge in [0, 0.05) is 45.8 Å². The molecule has 1 unspecified atom stereocenters. The van der Waals surface area contributed by atoms with Gasteiger partial charge in [0.25, 0.3) is 11.8 Å². The van der Waals surface area contributed by atoms with Crippen molar-refractivity contribution in [2.24, 2.45) is 0 Å². The van der Waals surface area contributed by atoms with Gasteiger partial charge in [-0.15, -0.1) is 0 Å². The monoisotopic (exact) mass is 531 g/mol. The van der Waals surface area contributed by atoms with Crippen LogP contribution in [0.2, 0.25) is 0 Å². The van der Waals surface area contributed by atoms with Crippen LogP contribution in [0.25, 0.3) is 5.57 Å². The quantitative estimate of drug-likeness (QED) is 0.321. The SMILES string of the molecule is CCOCC1CCCN1Cc1ccc(NC=C2C(=O)NC(=O)c3ccc(I)cc32)cc1. The van der Waals surface area contributed by atoms with Crippen LogP contribution in [0.1, 0.15) is 41.3 Å². The van der Waals surface area contributed by atoms with Gasteiger partial charge >= 0.3 is 0 Å². The summed E-state index contributed by atoms with van der Waals surface area (Å²) in [5.41, 5.74) is 3.76. The van der Waals surface area contributed by atoms with E-state index in [-0.39, 0.29) is 5.91 Å². The van der Waals surface area contributed by atoms with Crippen LogP contribution < -0.4 is 10.6 Å². The molecule has 2 aromatic rings. The molecule has 4 rings (SSSR count). The summed E-state index contributed by atoms with van der Waals surface area (Å²) in [6, 6.07) is 14.2. The van der Waals surface area contributed by atoms with Crippen LogP contribution in [-0.2, 0) is 16.1 Å². The van der Waals surface area contributed by atoms with Crippen molar-refractivity contribution in [3.63, 3.8) is 0 Å². The minimum atomic E-state index is -0.391. The highest BCUT2D eigenvalue weighted by Crippen LogP contribution is 2.26. The molecule has 0 aromatic heterocycles. The van der Waals surface area contributed by atoms with Gasteiger partial charge in [0.2, 0.25) is 0 Å². The van der Waals surface area contributed by atoms with E-state index in [0.29, 0.717) is 22.7 Å². The van der Waals surface area contributed by atoms with Crippen molar-refractivity contribution in [1.82, 2.24) is 10.2 Å². The largest absolute Gasteiger partial charge is 0.380 e. The van der Waals surface area contributed by atoms with Gasteiger partial charge in [0.05, 0.1) is 12.2 Å². The Morgan fingerprint density at radius 1 is 1.16 bits per heavy atom. The second-order valence-corrected chi connectivity index (χ2v) is 9.04. The molecule has 31 heavy (non-hydrogen) atoms. The number of nitrogens with zero attached hydrogens (tertiary/aromatic N) is 1. The maximum absolute atomic E-state index is 12.4. The van der Waals surface area contributed by atoms with Gasteiger partial charge in [-0.1, -0.05) is 12.1 Å². The second kappa shape index (κ2) is 9.93. The number of likely N-dealkylation sites (tertiary alicyclic amines) is 1. The summed E-state index contributed by atoms with van der Waals surface area (Å²) in [6.07, 6.45) is 4.08. The molecule has 0 bridgehead atoms. The molecular weight excluding hydrogens is 505 g/mol. The first-order valence-electron chi connectivity index (χ1n) is 10.6. The predicted molar refractivity (Wildman–Crippen MR) is 130 cm³/mol. The minimum absolute atomic E-state index is 0.359. The molecule has 162 valence electrons. The Labute approximate surface area is 196 Å². The van der Waals surface area contributed by atoms with Crippen molar-refractivity contribution in [2.75, 3.05) is 25.1 Å². The summed E-state index contributed by atoms with van der Waals surface area (Å²) in [4.78, 5) is 27.0. The molecule has 0 radical (unpaired) electrons. The molecule has 2 aliphatic rings. The Morgan fingerprint density at radius 2 is 1.97 bits per heavy atom. The van der Waals surface area contributed by atoms with Crippen molar-refractivity contribution < 1.29 is 14.3 Å². The first kappa shape index (κ1) is 22.0. The van der Waals surface area contributed by atoms with Gasteiger partial charge in [-0.05, 0) is 84.8 Å². The van der Waals surface area contributed by atoms with Crippen LogP contribution >= 0.6 is 22.6 Å². The average Bonchev–Trinajstić information content (AvgIpc) is 3.19. The zero-order valence-electron chi connectivity index (χ0n) is 17.5. The summed E-state index contributed by atoms with van der Waals surface area (Å²) in [7, 11) is 0. The van der Waals surface area contributed by atoms with Crippen LogP contribution in [0.5, 0.6) is 0 Å². The molecule has 7 heteroatoms. The predicted octanol–water partition coefficient (Wildman–Crippen LogP) is 4.02. The number of anilines is 1. The normalized spacial score (nSPS) is 20.1. The van der Waals surface area contributed by atoms with Gasteiger partial charge in [-0.3, -0.25) is 19.8 Å². The molecule has 2 aromatic carbocycles. The third kappa shape index (κ3) is 5.16. The maximum atomic E-state index is 12.4. The highest BCUT2D eigenvalue weighted by molar-refractivity contribution is 14.1. The summed E-state index contributed by atoms with van der Waals surface area (Å²) < 4.78 is 6.60. The molecule has 6 nitrogen and oxygen atoms in total. The third-order valence-electron chi connectivity index (χ3n) is 5.72. The Kier molecular flexibility index (Phi) is 7.04. The second-order valence-electron chi connectivity index (χ2n) is 7.80. The first-order chi connectivity index (χ1) is 15.0. The summed E-state index contributed by atoms with van der Waals surface area (Å²) in [5.74, 6) is -0.750. The molecule has 0 saturated carbocycles. The van der Waals surface area contributed by atoms with E-state index in [2.05, 4.69) is 50.3 Å². The van der Waals surface area contributed by atoms with Crippen LogP contribution in [0.15, 0.2) is 48.7 Å². The third-order valence-corrected chi connectivity index (χ3v) is 6.40. The van der Waals surface area contributed by atoms with Crippen LogP contribution in [0.4, 0.5) is 5.69 Å². The number of benzene rings is 2. The number of amides is 2. The van der Waals surface area contributed by atoms with Crippen molar-refractivity contribution in [1.29, 1.82) is 0 Å². The fraction of sp³-hybridized carbons (Fsp3) is 0.333. The first-order valence-corrected chi connectivity index (χ1v) is 11.7. The Balaban J connectivity index is 1.44. The number of carbonyl (C=O) groups is 2. The lowest BCUT2D eigenvalue weighted by atomic mass is 9.95. The number of ether oxygens (including phenoxy) is 1. The zero-order chi connectivity index (χ0) is 21.8. The summed E-state index contributed by atoms with van der Waals surface area (Å²) in [5, 5.41) is 5.61. The van der Waals surface area contributed by atoms with E-state index in [1.54, 1.807) is 12.3 Å². The van der Waals surface area contributed by atoms with E-state index < -0.39 is 5.91 Å². The molecule has 2 heterocycles. The lowest BCUT2D eigenvalue weighted by molar-refractivity contribution is -0.114. The number of imide groups is 1. The van der Waals surface area contributed by atoms with Gasteiger partial charge in [-0.2, -0.15) is 0 Å². The highest BCUT2D eigenvalue weighted by Gasteiger charge is 2.27.